The van der Waals surface area contributed by atoms with Crippen molar-refractivity contribution >= 4 is 15.9 Å². The Morgan fingerprint density at radius 1 is 1.27 bits per heavy atom. The maximum Gasteiger partial charge on any atom is 0.0233 e. The first-order valence-corrected chi connectivity index (χ1v) is 6.34. The SMILES string of the molecule is Cc1cc(CCC2(N)CC2)cc(C)c1Br. The molecular weight excluding hydrogens is 250 g/mol. The van der Waals surface area contributed by atoms with Crippen LogP contribution in [0.4, 0.5) is 0 Å². The average Bonchev–Trinajstić information content (AvgIpc) is 2.90. The zero-order valence-electron chi connectivity index (χ0n) is 9.44. The van der Waals surface area contributed by atoms with Gasteiger partial charge in [0.2, 0.25) is 0 Å². The van der Waals surface area contributed by atoms with Gasteiger partial charge in [0.25, 0.3) is 0 Å². The van der Waals surface area contributed by atoms with Crippen molar-refractivity contribution in [2.45, 2.75) is 45.1 Å². The number of hydrogen-bond acceptors (Lipinski definition) is 1. The molecule has 1 saturated carbocycles. The predicted molar refractivity (Wildman–Crippen MR) is 68.1 cm³/mol. The lowest BCUT2D eigenvalue weighted by Crippen LogP contribution is -2.22. The van der Waals surface area contributed by atoms with E-state index in [2.05, 4.69) is 41.9 Å². The monoisotopic (exact) mass is 267 g/mol. The Kier molecular flexibility index (Phi) is 2.91. The highest BCUT2D eigenvalue weighted by atomic mass is 79.9. The topological polar surface area (TPSA) is 26.0 Å². The summed E-state index contributed by atoms with van der Waals surface area (Å²) >= 11 is 3.59. The van der Waals surface area contributed by atoms with Gasteiger partial charge in [0, 0.05) is 10.0 Å². The lowest BCUT2D eigenvalue weighted by Gasteiger charge is -2.11. The molecule has 1 aliphatic rings. The molecule has 1 aromatic rings. The molecule has 0 spiro atoms. The molecule has 15 heavy (non-hydrogen) atoms. The fraction of sp³-hybridized carbons (Fsp3) is 0.538. The fourth-order valence-electron chi connectivity index (χ4n) is 1.98. The number of aryl methyl sites for hydroxylation is 3. The summed E-state index contributed by atoms with van der Waals surface area (Å²) in [5.74, 6) is 0. The summed E-state index contributed by atoms with van der Waals surface area (Å²) < 4.78 is 1.24. The van der Waals surface area contributed by atoms with Gasteiger partial charge in [-0.25, -0.2) is 0 Å². The summed E-state index contributed by atoms with van der Waals surface area (Å²) in [7, 11) is 0. The van der Waals surface area contributed by atoms with Crippen LogP contribution in [0.3, 0.4) is 0 Å². The molecule has 0 radical (unpaired) electrons. The Morgan fingerprint density at radius 2 is 1.80 bits per heavy atom. The van der Waals surface area contributed by atoms with Crippen LogP contribution in [0.5, 0.6) is 0 Å². The van der Waals surface area contributed by atoms with Crippen LogP contribution in [0, 0.1) is 13.8 Å². The Hall–Kier alpha value is -0.340. The van der Waals surface area contributed by atoms with Gasteiger partial charge in [0.1, 0.15) is 0 Å². The van der Waals surface area contributed by atoms with Crippen LogP contribution in [0.15, 0.2) is 16.6 Å². The van der Waals surface area contributed by atoms with Gasteiger partial charge in [-0.2, -0.15) is 0 Å². The molecule has 0 aliphatic heterocycles. The first kappa shape index (κ1) is 11.2. The smallest absolute Gasteiger partial charge is 0.0233 e. The van der Waals surface area contributed by atoms with E-state index < -0.39 is 0 Å². The molecule has 0 amide bonds. The van der Waals surface area contributed by atoms with Gasteiger partial charge in [-0.05, 0) is 56.2 Å². The van der Waals surface area contributed by atoms with Gasteiger partial charge in [0.15, 0.2) is 0 Å². The highest BCUT2D eigenvalue weighted by molar-refractivity contribution is 9.10. The van der Waals surface area contributed by atoms with Crippen LogP contribution in [0.1, 0.15) is 36.0 Å². The second kappa shape index (κ2) is 3.91. The molecule has 2 N–H and O–H groups in total. The minimum absolute atomic E-state index is 0.175. The summed E-state index contributed by atoms with van der Waals surface area (Å²) in [5, 5.41) is 0. The molecule has 2 rings (SSSR count). The molecule has 1 nitrogen and oxygen atoms in total. The van der Waals surface area contributed by atoms with Gasteiger partial charge in [0.05, 0.1) is 0 Å². The van der Waals surface area contributed by atoms with Gasteiger partial charge in [-0.1, -0.05) is 28.1 Å². The van der Waals surface area contributed by atoms with Crippen molar-refractivity contribution in [3.05, 3.63) is 33.3 Å². The molecule has 0 unspecified atom stereocenters. The van der Waals surface area contributed by atoms with Gasteiger partial charge in [-0.3, -0.25) is 0 Å². The van der Waals surface area contributed by atoms with Crippen LogP contribution < -0.4 is 5.73 Å². The summed E-state index contributed by atoms with van der Waals surface area (Å²) in [6.07, 6.45) is 4.67. The highest BCUT2D eigenvalue weighted by Gasteiger charge is 2.37. The standard InChI is InChI=1S/C13H18BrN/c1-9-7-11(8-10(2)12(9)14)3-4-13(15)5-6-13/h7-8H,3-6,15H2,1-2H3. The van der Waals surface area contributed by atoms with Crippen molar-refractivity contribution in [1.29, 1.82) is 0 Å². The van der Waals surface area contributed by atoms with E-state index in [-0.39, 0.29) is 5.54 Å². The Bertz CT molecular complexity index is 357. The van der Waals surface area contributed by atoms with Crippen molar-refractivity contribution in [2.75, 3.05) is 0 Å². The molecule has 82 valence electrons. The minimum atomic E-state index is 0.175. The molecular formula is C13H18BrN. The maximum atomic E-state index is 6.09. The number of nitrogens with two attached hydrogens (primary N) is 1. The van der Waals surface area contributed by atoms with E-state index in [0.717, 1.165) is 12.8 Å². The predicted octanol–water partition coefficient (Wildman–Crippen LogP) is 3.49. The van der Waals surface area contributed by atoms with E-state index in [1.54, 1.807) is 0 Å². The lowest BCUT2D eigenvalue weighted by molar-refractivity contribution is 0.609. The molecule has 1 fully saturated rings. The fourth-order valence-corrected chi connectivity index (χ4v) is 2.21. The van der Waals surface area contributed by atoms with Crippen LogP contribution in [-0.4, -0.2) is 5.54 Å². The van der Waals surface area contributed by atoms with Crippen LogP contribution in [-0.2, 0) is 6.42 Å². The molecule has 2 heteroatoms. The summed E-state index contributed by atoms with van der Waals surface area (Å²) in [6.45, 7) is 4.30. The van der Waals surface area contributed by atoms with E-state index in [4.69, 9.17) is 5.73 Å². The van der Waals surface area contributed by atoms with Crippen LogP contribution >= 0.6 is 15.9 Å². The largest absolute Gasteiger partial charge is 0.325 e. The second-order valence-electron chi connectivity index (χ2n) is 4.91. The molecule has 0 atom stereocenters. The Balaban J connectivity index is 2.08. The number of halogens is 1. The van der Waals surface area contributed by atoms with Crippen molar-refractivity contribution in [1.82, 2.24) is 0 Å². The zero-order valence-corrected chi connectivity index (χ0v) is 11.0. The number of rotatable bonds is 3. The quantitative estimate of drug-likeness (QED) is 0.892. The summed E-state index contributed by atoms with van der Waals surface area (Å²) in [4.78, 5) is 0. The van der Waals surface area contributed by atoms with Crippen LogP contribution in [0.2, 0.25) is 0 Å². The molecule has 1 aromatic carbocycles. The van der Waals surface area contributed by atoms with E-state index in [0.29, 0.717) is 0 Å². The number of hydrogen-bond donors (Lipinski definition) is 1. The van der Waals surface area contributed by atoms with Gasteiger partial charge in [-0.15, -0.1) is 0 Å². The third-order valence-electron chi connectivity index (χ3n) is 3.30. The maximum absolute atomic E-state index is 6.09. The second-order valence-corrected chi connectivity index (χ2v) is 5.70. The normalized spacial score (nSPS) is 17.9. The average molecular weight is 268 g/mol. The van der Waals surface area contributed by atoms with E-state index >= 15 is 0 Å². The first-order chi connectivity index (χ1) is 7.00. The third-order valence-corrected chi connectivity index (χ3v) is 4.55. The number of benzene rings is 1. The summed E-state index contributed by atoms with van der Waals surface area (Å²) in [5.41, 5.74) is 10.3. The lowest BCUT2D eigenvalue weighted by atomic mass is 10.0. The summed E-state index contributed by atoms with van der Waals surface area (Å²) in [6, 6.07) is 4.53. The van der Waals surface area contributed by atoms with Crippen molar-refractivity contribution < 1.29 is 0 Å². The van der Waals surface area contributed by atoms with Gasteiger partial charge < -0.3 is 5.73 Å². The molecule has 1 aliphatic carbocycles. The molecule has 0 bridgehead atoms. The Morgan fingerprint density at radius 3 is 2.27 bits per heavy atom. The first-order valence-electron chi connectivity index (χ1n) is 5.55. The van der Waals surface area contributed by atoms with Crippen molar-refractivity contribution in [3.8, 4) is 0 Å². The van der Waals surface area contributed by atoms with E-state index in [9.17, 15) is 0 Å². The van der Waals surface area contributed by atoms with Crippen LogP contribution in [0.25, 0.3) is 0 Å². The van der Waals surface area contributed by atoms with Crippen molar-refractivity contribution in [3.63, 3.8) is 0 Å². The molecule has 0 aromatic heterocycles. The third kappa shape index (κ3) is 2.61. The van der Waals surface area contributed by atoms with E-state index in [1.807, 2.05) is 0 Å². The molecule has 0 saturated heterocycles. The van der Waals surface area contributed by atoms with Crippen molar-refractivity contribution in [2.24, 2.45) is 5.73 Å². The highest BCUT2D eigenvalue weighted by Crippen LogP contribution is 2.36. The Labute approximate surface area is 100 Å². The zero-order chi connectivity index (χ0) is 11.1. The van der Waals surface area contributed by atoms with Gasteiger partial charge >= 0.3 is 0 Å². The minimum Gasteiger partial charge on any atom is -0.325 e. The van der Waals surface area contributed by atoms with E-state index in [1.165, 1.54) is 34.0 Å². The molecule has 0 heterocycles.